The summed E-state index contributed by atoms with van der Waals surface area (Å²) in [5.74, 6) is -0.491. The van der Waals surface area contributed by atoms with Crippen LogP contribution in [0.2, 0.25) is 0 Å². The average Bonchev–Trinajstić information content (AvgIpc) is 2.82. The van der Waals surface area contributed by atoms with Gasteiger partial charge >= 0.3 is 0 Å². The molecule has 21 heavy (non-hydrogen) atoms. The number of nitrogens with zero attached hydrogens (tertiary/aromatic N) is 1. The fourth-order valence-corrected chi connectivity index (χ4v) is 3.23. The number of aromatic nitrogens is 1. The van der Waals surface area contributed by atoms with Crippen molar-refractivity contribution >= 4 is 5.82 Å². The largest absolute Gasteiger partial charge is 0.380 e. The molecule has 2 N–H and O–H groups in total. The molecule has 0 amide bonds. The molecule has 5 heteroatoms. The van der Waals surface area contributed by atoms with Crippen molar-refractivity contribution in [2.75, 3.05) is 5.73 Å². The molecular formula is C16H18F2N2O. The third kappa shape index (κ3) is 2.41. The molecule has 112 valence electrons. The number of nitrogens with two attached hydrogens (primary N) is 1. The predicted molar refractivity (Wildman–Crippen MR) is 76.7 cm³/mol. The Hall–Kier alpha value is -1.91. The molecular weight excluding hydrogens is 274 g/mol. The van der Waals surface area contributed by atoms with Gasteiger partial charge < -0.3 is 10.3 Å². The first kappa shape index (κ1) is 14.0. The summed E-state index contributed by atoms with van der Waals surface area (Å²) in [5.41, 5.74) is 6.40. The van der Waals surface area contributed by atoms with Crippen LogP contribution in [-0.4, -0.2) is 5.16 Å². The Balaban J connectivity index is 2.13. The molecule has 0 saturated heterocycles. The molecule has 1 aromatic carbocycles. The highest BCUT2D eigenvalue weighted by Gasteiger charge is 2.37. The van der Waals surface area contributed by atoms with Crippen LogP contribution in [-0.2, 0) is 5.41 Å². The van der Waals surface area contributed by atoms with E-state index in [-0.39, 0.29) is 16.8 Å². The van der Waals surface area contributed by atoms with Gasteiger partial charge in [-0.1, -0.05) is 31.3 Å². The molecule has 1 fully saturated rings. The van der Waals surface area contributed by atoms with Crippen LogP contribution in [0.5, 0.6) is 0 Å². The minimum atomic E-state index is -0.648. The number of rotatable bonds is 2. The molecule has 1 heterocycles. The Labute approximate surface area is 122 Å². The van der Waals surface area contributed by atoms with E-state index in [2.05, 4.69) is 12.1 Å². The number of halogens is 2. The highest BCUT2D eigenvalue weighted by Crippen LogP contribution is 2.45. The van der Waals surface area contributed by atoms with E-state index in [1.165, 1.54) is 18.6 Å². The topological polar surface area (TPSA) is 52.0 Å². The van der Waals surface area contributed by atoms with Crippen LogP contribution in [0.3, 0.4) is 0 Å². The first-order chi connectivity index (χ1) is 10.0. The maximum Gasteiger partial charge on any atom is 0.175 e. The number of hydrogen-bond acceptors (Lipinski definition) is 3. The third-order valence-corrected chi connectivity index (χ3v) is 4.42. The van der Waals surface area contributed by atoms with E-state index in [1.54, 1.807) is 0 Å². The lowest BCUT2D eigenvalue weighted by atomic mass is 9.72. The van der Waals surface area contributed by atoms with Crippen LogP contribution in [0.15, 0.2) is 22.7 Å². The van der Waals surface area contributed by atoms with Gasteiger partial charge in [-0.3, -0.25) is 0 Å². The van der Waals surface area contributed by atoms with Crippen molar-refractivity contribution in [2.45, 2.75) is 44.4 Å². The van der Waals surface area contributed by atoms with Gasteiger partial charge in [0.25, 0.3) is 0 Å². The maximum absolute atomic E-state index is 14.1. The molecule has 1 saturated carbocycles. The molecule has 3 rings (SSSR count). The molecule has 1 aliphatic carbocycles. The van der Waals surface area contributed by atoms with Gasteiger partial charge in [0, 0.05) is 17.0 Å². The smallest absolute Gasteiger partial charge is 0.175 e. The molecule has 2 aromatic rings. The van der Waals surface area contributed by atoms with Crippen LogP contribution in [0.25, 0.3) is 11.1 Å². The van der Waals surface area contributed by atoms with E-state index in [0.29, 0.717) is 11.3 Å². The van der Waals surface area contributed by atoms with Gasteiger partial charge in [-0.2, -0.15) is 0 Å². The number of benzene rings is 1. The first-order valence-corrected chi connectivity index (χ1v) is 7.22. The number of nitrogen functional groups attached to an aromatic ring is 1. The molecule has 0 atom stereocenters. The third-order valence-electron chi connectivity index (χ3n) is 4.42. The lowest BCUT2D eigenvalue weighted by molar-refractivity contribution is 0.241. The summed E-state index contributed by atoms with van der Waals surface area (Å²) in [6, 6.07) is 3.47. The summed E-state index contributed by atoms with van der Waals surface area (Å²) in [6.45, 7) is 2.09. The van der Waals surface area contributed by atoms with Gasteiger partial charge in [-0.05, 0) is 25.0 Å². The summed E-state index contributed by atoms with van der Waals surface area (Å²) < 4.78 is 32.7. The van der Waals surface area contributed by atoms with Gasteiger partial charge in [0.05, 0.1) is 5.56 Å². The zero-order valence-corrected chi connectivity index (χ0v) is 12.0. The van der Waals surface area contributed by atoms with Crippen molar-refractivity contribution in [1.29, 1.82) is 0 Å². The fraction of sp³-hybridized carbons (Fsp3) is 0.438. The van der Waals surface area contributed by atoms with Crippen molar-refractivity contribution < 1.29 is 13.3 Å². The van der Waals surface area contributed by atoms with E-state index >= 15 is 0 Å². The number of hydrogen-bond donors (Lipinski definition) is 1. The van der Waals surface area contributed by atoms with Crippen molar-refractivity contribution in [3.63, 3.8) is 0 Å². The van der Waals surface area contributed by atoms with Gasteiger partial charge in [0.15, 0.2) is 11.6 Å². The van der Waals surface area contributed by atoms with Crippen LogP contribution in [0.1, 0.15) is 44.8 Å². The Morgan fingerprint density at radius 1 is 1.19 bits per heavy atom. The van der Waals surface area contributed by atoms with E-state index in [4.69, 9.17) is 10.3 Å². The molecule has 3 nitrogen and oxygen atoms in total. The van der Waals surface area contributed by atoms with Crippen molar-refractivity contribution in [3.05, 3.63) is 35.6 Å². The fourth-order valence-electron chi connectivity index (χ4n) is 3.23. The highest BCUT2D eigenvalue weighted by molar-refractivity contribution is 5.76. The molecule has 0 radical (unpaired) electrons. The van der Waals surface area contributed by atoms with Crippen LogP contribution in [0, 0.1) is 11.6 Å². The lowest BCUT2D eigenvalue weighted by Crippen LogP contribution is -2.25. The zero-order chi connectivity index (χ0) is 15.0. The minimum Gasteiger partial charge on any atom is -0.380 e. The van der Waals surface area contributed by atoms with Gasteiger partial charge in [-0.15, -0.1) is 0 Å². The quantitative estimate of drug-likeness (QED) is 0.891. The summed E-state index contributed by atoms with van der Waals surface area (Å²) in [7, 11) is 0. The Morgan fingerprint density at radius 2 is 1.90 bits per heavy atom. The SMILES string of the molecule is CC1(c2onc(N)c2-c2ccc(F)cc2F)CCCCC1. The summed E-state index contributed by atoms with van der Waals surface area (Å²) in [5, 5.41) is 3.82. The van der Waals surface area contributed by atoms with Crippen LogP contribution in [0.4, 0.5) is 14.6 Å². The maximum atomic E-state index is 14.1. The molecule has 0 unspecified atom stereocenters. The lowest BCUT2D eigenvalue weighted by Gasteiger charge is -2.31. The van der Waals surface area contributed by atoms with Crippen molar-refractivity contribution in [3.8, 4) is 11.1 Å². The second-order valence-corrected chi connectivity index (χ2v) is 6.02. The number of anilines is 1. The summed E-state index contributed by atoms with van der Waals surface area (Å²) >= 11 is 0. The van der Waals surface area contributed by atoms with E-state index in [0.717, 1.165) is 31.7 Å². The second-order valence-electron chi connectivity index (χ2n) is 6.02. The average molecular weight is 292 g/mol. The molecule has 1 aliphatic rings. The molecule has 0 bridgehead atoms. The summed E-state index contributed by atoms with van der Waals surface area (Å²) in [4.78, 5) is 0. The van der Waals surface area contributed by atoms with E-state index in [1.807, 2.05) is 0 Å². The second kappa shape index (κ2) is 5.13. The van der Waals surface area contributed by atoms with Gasteiger partial charge in [0.2, 0.25) is 0 Å². The standard InChI is InChI=1S/C16H18F2N2O/c1-16(7-3-2-4-8-16)14-13(15(19)20-21-14)11-6-5-10(17)9-12(11)18/h5-6,9H,2-4,7-8H2,1H3,(H2,19,20). The predicted octanol–water partition coefficient (Wildman–Crippen LogP) is 4.42. The Kier molecular flexibility index (Phi) is 3.43. The normalized spacial score (nSPS) is 17.9. The minimum absolute atomic E-state index is 0.155. The Morgan fingerprint density at radius 3 is 2.57 bits per heavy atom. The first-order valence-electron chi connectivity index (χ1n) is 7.22. The van der Waals surface area contributed by atoms with Crippen molar-refractivity contribution in [2.24, 2.45) is 0 Å². The highest BCUT2D eigenvalue weighted by atomic mass is 19.1. The van der Waals surface area contributed by atoms with Crippen LogP contribution < -0.4 is 5.73 Å². The van der Waals surface area contributed by atoms with Gasteiger partial charge in [0.1, 0.15) is 11.6 Å². The van der Waals surface area contributed by atoms with E-state index < -0.39 is 11.6 Å². The van der Waals surface area contributed by atoms with E-state index in [9.17, 15) is 8.78 Å². The summed E-state index contributed by atoms with van der Waals surface area (Å²) in [6.07, 6.45) is 5.30. The zero-order valence-electron chi connectivity index (χ0n) is 12.0. The monoisotopic (exact) mass is 292 g/mol. The van der Waals surface area contributed by atoms with Crippen LogP contribution >= 0.6 is 0 Å². The Bertz CT molecular complexity index is 660. The molecule has 0 aliphatic heterocycles. The van der Waals surface area contributed by atoms with Gasteiger partial charge in [-0.25, -0.2) is 8.78 Å². The van der Waals surface area contributed by atoms with Crippen molar-refractivity contribution in [1.82, 2.24) is 5.16 Å². The molecule has 1 aromatic heterocycles. The molecule has 0 spiro atoms.